The van der Waals surface area contributed by atoms with Crippen LogP contribution in [0.2, 0.25) is 0 Å². The number of amides is 3. The van der Waals surface area contributed by atoms with Crippen LogP contribution in [0.4, 0.5) is 5.13 Å². The van der Waals surface area contributed by atoms with Crippen LogP contribution in [0, 0.1) is 12.8 Å². The topological polar surface area (TPSA) is 105 Å². The van der Waals surface area contributed by atoms with Crippen LogP contribution in [0.15, 0.2) is 26.6 Å². The molecule has 1 fully saturated rings. The fraction of sp³-hybridized carbons (Fsp3) is 0.412. The number of hydrogen-bond acceptors (Lipinski definition) is 6. The molecule has 0 radical (unpaired) electrons. The van der Waals surface area contributed by atoms with E-state index in [-0.39, 0.29) is 30.0 Å². The number of aryl methyl sites for hydroxylation is 1. The van der Waals surface area contributed by atoms with Crippen molar-refractivity contribution in [2.45, 2.75) is 19.8 Å². The maximum Gasteiger partial charge on any atom is 0.287 e. The van der Waals surface area contributed by atoms with Gasteiger partial charge >= 0.3 is 0 Å². The molecule has 1 saturated heterocycles. The number of carbonyl (C=O) groups is 3. The van der Waals surface area contributed by atoms with Crippen molar-refractivity contribution in [2.24, 2.45) is 5.92 Å². The Morgan fingerprint density at radius 2 is 2.07 bits per heavy atom. The van der Waals surface area contributed by atoms with Gasteiger partial charge in [0.25, 0.3) is 5.91 Å². The Balaban J connectivity index is 1.42. The SMILES string of the molecule is Cc1csc(NC(=O)C2CCN(C(=O)CNC(=O)c3ccc(Br)o3)CC2)n1. The first-order valence-electron chi connectivity index (χ1n) is 8.46. The van der Waals surface area contributed by atoms with Crippen molar-refractivity contribution in [1.82, 2.24) is 15.2 Å². The molecule has 0 saturated carbocycles. The molecule has 3 rings (SSSR count). The summed E-state index contributed by atoms with van der Waals surface area (Å²) in [6, 6.07) is 3.14. The predicted molar refractivity (Wildman–Crippen MR) is 104 cm³/mol. The van der Waals surface area contributed by atoms with E-state index in [9.17, 15) is 14.4 Å². The zero-order chi connectivity index (χ0) is 19.4. The molecular formula is C17H19BrN4O4S. The summed E-state index contributed by atoms with van der Waals surface area (Å²) < 4.78 is 5.60. The highest BCUT2D eigenvalue weighted by molar-refractivity contribution is 9.10. The molecule has 0 bridgehead atoms. The minimum absolute atomic E-state index is 0.0619. The van der Waals surface area contributed by atoms with E-state index in [0.29, 0.717) is 35.7 Å². The maximum atomic E-state index is 12.3. The highest BCUT2D eigenvalue weighted by Crippen LogP contribution is 2.21. The molecule has 1 aliphatic rings. The van der Waals surface area contributed by atoms with E-state index in [1.165, 1.54) is 17.4 Å². The lowest BCUT2D eigenvalue weighted by atomic mass is 9.96. The molecule has 0 aromatic carbocycles. The molecular weight excluding hydrogens is 436 g/mol. The number of likely N-dealkylation sites (tertiary alicyclic amines) is 1. The van der Waals surface area contributed by atoms with Crippen LogP contribution in [-0.2, 0) is 9.59 Å². The van der Waals surface area contributed by atoms with Crippen LogP contribution in [0.5, 0.6) is 0 Å². The molecule has 27 heavy (non-hydrogen) atoms. The van der Waals surface area contributed by atoms with Crippen LogP contribution in [0.3, 0.4) is 0 Å². The van der Waals surface area contributed by atoms with Crippen LogP contribution in [0.1, 0.15) is 29.1 Å². The van der Waals surface area contributed by atoms with Crippen molar-refractivity contribution in [3.8, 4) is 0 Å². The largest absolute Gasteiger partial charge is 0.444 e. The first-order chi connectivity index (χ1) is 12.9. The van der Waals surface area contributed by atoms with Crippen LogP contribution < -0.4 is 10.6 Å². The number of rotatable bonds is 5. The van der Waals surface area contributed by atoms with Crippen molar-refractivity contribution in [3.05, 3.63) is 33.6 Å². The van der Waals surface area contributed by atoms with Gasteiger partial charge in [0.05, 0.1) is 12.2 Å². The molecule has 8 nitrogen and oxygen atoms in total. The van der Waals surface area contributed by atoms with Gasteiger partial charge in [-0.05, 0) is 47.8 Å². The quantitative estimate of drug-likeness (QED) is 0.721. The first kappa shape index (κ1) is 19.6. The number of piperidine rings is 1. The average molecular weight is 455 g/mol. The van der Waals surface area contributed by atoms with Gasteiger partial charge in [0.1, 0.15) is 0 Å². The van der Waals surface area contributed by atoms with Gasteiger partial charge in [-0.1, -0.05) is 0 Å². The normalized spacial score (nSPS) is 14.8. The summed E-state index contributed by atoms with van der Waals surface area (Å²) in [5, 5.41) is 7.86. The minimum Gasteiger partial charge on any atom is -0.444 e. The van der Waals surface area contributed by atoms with E-state index >= 15 is 0 Å². The molecule has 0 aliphatic carbocycles. The van der Waals surface area contributed by atoms with Gasteiger partial charge in [0.2, 0.25) is 11.8 Å². The molecule has 0 atom stereocenters. The zero-order valence-corrected chi connectivity index (χ0v) is 17.1. The van der Waals surface area contributed by atoms with Crippen molar-refractivity contribution in [2.75, 3.05) is 25.0 Å². The molecule has 144 valence electrons. The average Bonchev–Trinajstić information content (AvgIpc) is 3.27. The van der Waals surface area contributed by atoms with Crippen molar-refractivity contribution < 1.29 is 18.8 Å². The Labute approximate surface area is 168 Å². The number of carbonyl (C=O) groups excluding carboxylic acids is 3. The molecule has 3 amide bonds. The summed E-state index contributed by atoms with van der Waals surface area (Å²) in [5.74, 6) is -0.686. The number of hydrogen-bond donors (Lipinski definition) is 2. The Bertz CT molecular complexity index is 842. The Morgan fingerprint density at radius 1 is 1.33 bits per heavy atom. The standard InChI is InChI=1S/C17H19BrN4O4S/c1-10-9-27-17(20-10)21-15(24)11-4-6-22(7-5-11)14(23)8-19-16(25)12-2-3-13(18)26-12/h2-3,9,11H,4-8H2,1H3,(H,19,25)(H,20,21,24). The lowest BCUT2D eigenvalue weighted by Gasteiger charge is -2.31. The van der Waals surface area contributed by atoms with E-state index < -0.39 is 5.91 Å². The van der Waals surface area contributed by atoms with Crippen molar-refractivity contribution >= 4 is 50.1 Å². The van der Waals surface area contributed by atoms with E-state index in [1.807, 2.05) is 12.3 Å². The third-order valence-corrected chi connectivity index (χ3v) is 5.57. The van der Waals surface area contributed by atoms with Crippen LogP contribution in [0.25, 0.3) is 0 Å². The molecule has 0 unspecified atom stereocenters. The van der Waals surface area contributed by atoms with Gasteiger partial charge in [-0.25, -0.2) is 4.98 Å². The summed E-state index contributed by atoms with van der Waals surface area (Å²) in [6.45, 7) is 2.73. The van der Waals surface area contributed by atoms with Gasteiger partial charge in [-0.15, -0.1) is 11.3 Å². The fourth-order valence-electron chi connectivity index (χ4n) is 2.80. The summed E-state index contributed by atoms with van der Waals surface area (Å²) >= 11 is 4.52. The highest BCUT2D eigenvalue weighted by Gasteiger charge is 2.28. The molecule has 2 aromatic heterocycles. The van der Waals surface area contributed by atoms with Crippen LogP contribution >= 0.6 is 27.3 Å². The van der Waals surface area contributed by atoms with Gasteiger partial charge in [-0.3, -0.25) is 14.4 Å². The number of halogens is 1. The van der Waals surface area contributed by atoms with Crippen molar-refractivity contribution in [3.63, 3.8) is 0 Å². The third-order valence-electron chi connectivity index (χ3n) is 4.26. The minimum atomic E-state index is -0.443. The second-order valence-corrected chi connectivity index (χ2v) is 7.86. The van der Waals surface area contributed by atoms with Crippen molar-refractivity contribution in [1.29, 1.82) is 0 Å². The smallest absolute Gasteiger partial charge is 0.287 e. The summed E-state index contributed by atoms with van der Waals surface area (Å²) in [4.78, 5) is 42.4. The van der Waals surface area contributed by atoms with Crippen LogP contribution in [-0.4, -0.2) is 47.2 Å². The zero-order valence-electron chi connectivity index (χ0n) is 14.7. The number of nitrogens with zero attached hydrogens (tertiary/aromatic N) is 2. The van der Waals surface area contributed by atoms with E-state index in [1.54, 1.807) is 11.0 Å². The Kier molecular flexibility index (Phi) is 6.27. The van der Waals surface area contributed by atoms with Gasteiger partial charge < -0.3 is 20.0 Å². The highest BCUT2D eigenvalue weighted by atomic mass is 79.9. The molecule has 0 spiro atoms. The lowest BCUT2D eigenvalue weighted by molar-refractivity contribution is -0.133. The summed E-state index contributed by atoms with van der Waals surface area (Å²) in [6.07, 6.45) is 1.17. The first-order valence-corrected chi connectivity index (χ1v) is 10.1. The predicted octanol–water partition coefficient (Wildman–Crippen LogP) is 2.41. The third kappa shape index (κ3) is 5.16. The monoisotopic (exact) mass is 454 g/mol. The number of aromatic nitrogens is 1. The molecule has 3 heterocycles. The van der Waals surface area contributed by atoms with E-state index in [0.717, 1.165) is 5.69 Å². The molecule has 10 heteroatoms. The lowest BCUT2D eigenvalue weighted by Crippen LogP contribution is -2.45. The van der Waals surface area contributed by atoms with Gasteiger partial charge in [-0.2, -0.15) is 0 Å². The van der Waals surface area contributed by atoms with E-state index in [2.05, 4.69) is 31.5 Å². The second-order valence-electron chi connectivity index (χ2n) is 6.22. The summed E-state index contributed by atoms with van der Waals surface area (Å²) in [7, 11) is 0. The van der Waals surface area contributed by atoms with E-state index in [4.69, 9.17) is 4.42 Å². The Morgan fingerprint density at radius 3 is 2.67 bits per heavy atom. The summed E-state index contributed by atoms with van der Waals surface area (Å²) in [5.41, 5.74) is 0.875. The molecule has 2 N–H and O–H groups in total. The van der Waals surface area contributed by atoms with Gasteiger partial charge in [0, 0.05) is 24.4 Å². The number of thiazole rings is 1. The number of nitrogens with one attached hydrogen (secondary N) is 2. The number of anilines is 1. The maximum absolute atomic E-state index is 12.3. The fourth-order valence-corrected chi connectivity index (χ4v) is 3.80. The molecule has 1 aliphatic heterocycles. The second kappa shape index (κ2) is 8.66. The van der Waals surface area contributed by atoms with Gasteiger partial charge in [0.15, 0.2) is 15.6 Å². The number of furan rings is 1. The Hall–Kier alpha value is -2.20. The molecule has 2 aromatic rings.